The van der Waals surface area contributed by atoms with Crippen LogP contribution in [-0.4, -0.2) is 72.3 Å². The highest BCUT2D eigenvalue weighted by atomic mass is 16.5. The molecule has 1 amide bonds. The topological polar surface area (TPSA) is 93.6 Å². The Kier molecular flexibility index (Phi) is 7.72. The Morgan fingerprint density at radius 3 is 2.79 bits per heavy atom. The lowest BCUT2D eigenvalue weighted by Gasteiger charge is -2.25. The quantitative estimate of drug-likeness (QED) is 0.193. The zero-order valence-corrected chi connectivity index (χ0v) is 22.5. The number of carbonyl (C=O) groups is 1. The zero-order chi connectivity index (χ0) is 27.4. The molecule has 4 aromatic rings. The van der Waals surface area contributed by atoms with Crippen LogP contribution in [0.3, 0.4) is 0 Å². The second-order valence-electron chi connectivity index (χ2n) is 9.84. The molecule has 5 rings (SSSR count). The molecule has 200 valence electrons. The van der Waals surface area contributed by atoms with Crippen LogP contribution in [0.1, 0.15) is 28.8 Å². The average molecular weight is 526 g/mol. The maximum Gasteiger partial charge on any atom is 0.440 e. The molecule has 0 aliphatic carbocycles. The van der Waals surface area contributed by atoms with Gasteiger partial charge in [0.1, 0.15) is 11.3 Å². The highest BCUT2D eigenvalue weighted by molar-refractivity contribution is 5.97. The van der Waals surface area contributed by atoms with Crippen LogP contribution in [-0.2, 0) is 11.2 Å². The third kappa shape index (κ3) is 5.41. The summed E-state index contributed by atoms with van der Waals surface area (Å²) in [5.41, 5.74) is 5.22. The standard InChI is InChI=1S/C30H33N6O3/c1-34(2)18-16-31-30-32-24-11-8-13-26(28(24)33-30)36(20-37)29(38)23-15-14-22(19-27(23)39-3)35-17-7-6-10-21-9-4-5-12-25(21)35/h4-5,8-9,11-15,19H,6-7,10,16-18H2,1-3H3,(H2,31,32,33)/q+1. The van der Waals surface area contributed by atoms with Crippen molar-refractivity contribution in [3.63, 3.8) is 0 Å². The van der Waals surface area contributed by atoms with Crippen molar-refractivity contribution in [1.29, 1.82) is 0 Å². The van der Waals surface area contributed by atoms with E-state index in [2.05, 4.69) is 43.3 Å². The summed E-state index contributed by atoms with van der Waals surface area (Å²) in [6, 6.07) is 19.2. The van der Waals surface area contributed by atoms with Crippen LogP contribution >= 0.6 is 0 Å². The Balaban J connectivity index is 1.47. The smallest absolute Gasteiger partial charge is 0.440 e. The fraction of sp³-hybridized carbons (Fsp3) is 0.300. The van der Waals surface area contributed by atoms with Gasteiger partial charge >= 0.3 is 12.0 Å². The van der Waals surface area contributed by atoms with Crippen molar-refractivity contribution in [3.8, 4) is 5.75 Å². The first-order valence-corrected chi connectivity index (χ1v) is 13.1. The summed E-state index contributed by atoms with van der Waals surface area (Å²) in [6.45, 7) is 2.39. The molecule has 0 spiro atoms. The van der Waals surface area contributed by atoms with E-state index in [4.69, 9.17) is 4.74 Å². The van der Waals surface area contributed by atoms with Crippen molar-refractivity contribution in [3.05, 3.63) is 71.8 Å². The summed E-state index contributed by atoms with van der Waals surface area (Å²) in [5.74, 6) is 0.416. The predicted octanol–water partition coefficient (Wildman–Crippen LogP) is 4.84. The molecule has 1 aliphatic rings. The van der Waals surface area contributed by atoms with Crippen LogP contribution in [0.2, 0.25) is 0 Å². The number of H-pyrrole nitrogens is 1. The lowest BCUT2D eigenvalue weighted by Crippen LogP contribution is -2.21. The lowest BCUT2D eigenvalue weighted by molar-refractivity contribution is -0.330. The number of amides is 1. The summed E-state index contributed by atoms with van der Waals surface area (Å²) in [6.07, 6.45) is 5.03. The normalized spacial score (nSPS) is 13.1. The molecule has 1 aromatic heterocycles. The van der Waals surface area contributed by atoms with Gasteiger partial charge in [-0.2, -0.15) is 4.79 Å². The number of hydrogen-bond acceptors (Lipinski definition) is 7. The van der Waals surface area contributed by atoms with E-state index in [0.717, 1.165) is 42.6 Å². The van der Waals surface area contributed by atoms with Crippen molar-refractivity contribution >= 4 is 46.0 Å². The third-order valence-corrected chi connectivity index (χ3v) is 6.97. The summed E-state index contributed by atoms with van der Waals surface area (Å²) in [5, 5.41) is 3.24. The van der Waals surface area contributed by atoms with Gasteiger partial charge in [-0.25, -0.2) is 9.78 Å². The molecule has 0 radical (unpaired) electrons. The van der Waals surface area contributed by atoms with E-state index in [-0.39, 0.29) is 5.56 Å². The molecule has 1 aliphatic heterocycles. The number of para-hydroxylation sites is 2. The van der Waals surface area contributed by atoms with E-state index in [1.54, 1.807) is 18.2 Å². The number of aryl methyl sites for hydroxylation is 1. The number of benzene rings is 3. The van der Waals surface area contributed by atoms with Gasteiger partial charge in [-0.3, -0.25) is 0 Å². The van der Waals surface area contributed by atoms with Crippen LogP contribution < -0.4 is 15.0 Å². The van der Waals surface area contributed by atoms with E-state index in [1.807, 2.05) is 44.4 Å². The van der Waals surface area contributed by atoms with E-state index in [1.165, 1.54) is 18.4 Å². The summed E-state index contributed by atoms with van der Waals surface area (Å²) < 4.78 is 6.63. The molecule has 0 saturated carbocycles. The summed E-state index contributed by atoms with van der Waals surface area (Å²) in [7, 11) is 5.52. The number of imidazole rings is 1. The highest BCUT2D eigenvalue weighted by Gasteiger charge is 2.31. The van der Waals surface area contributed by atoms with Gasteiger partial charge in [-0.1, -0.05) is 24.3 Å². The summed E-state index contributed by atoms with van der Waals surface area (Å²) >= 11 is 0. The number of nitrogens with one attached hydrogen (secondary N) is 2. The molecule has 0 unspecified atom stereocenters. The first-order chi connectivity index (χ1) is 19.0. The molecule has 0 atom stereocenters. The van der Waals surface area contributed by atoms with Crippen LogP contribution in [0, 0.1) is 0 Å². The number of carbonyl (C=O) groups excluding carboxylic acids is 2. The molecule has 3 aromatic carbocycles. The van der Waals surface area contributed by atoms with Gasteiger partial charge in [0.2, 0.25) is 5.95 Å². The minimum absolute atomic E-state index is 0.268. The number of anilines is 3. The molecule has 2 heterocycles. The number of nitrogens with zero attached hydrogens (tertiary/aromatic N) is 4. The van der Waals surface area contributed by atoms with E-state index >= 15 is 0 Å². The van der Waals surface area contributed by atoms with E-state index < -0.39 is 5.91 Å². The SMILES string of the molecule is COc1cc(N2CCCCc3ccccc32)ccc1C(=O)[N+](=C=O)c1cccc2[nH]c(NCCN(C)C)nc12. The monoisotopic (exact) mass is 525 g/mol. The first kappa shape index (κ1) is 26.2. The number of hydrogen-bond donors (Lipinski definition) is 2. The fourth-order valence-electron chi connectivity index (χ4n) is 4.98. The first-order valence-electron chi connectivity index (χ1n) is 13.1. The molecule has 9 heteroatoms. The number of fused-ring (bicyclic) bond motifs is 2. The molecule has 0 saturated heterocycles. The summed E-state index contributed by atoms with van der Waals surface area (Å²) in [4.78, 5) is 38.0. The second kappa shape index (κ2) is 11.5. The number of aromatic nitrogens is 2. The number of isocyanates is 1. The van der Waals surface area contributed by atoms with Crippen LogP contribution in [0.15, 0.2) is 60.7 Å². The van der Waals surface area contributed by atoms with Crippen molar-refractivity contribution < 1.29 is 18.9 Å². The van der Waals surface area contributed by atoms with Gasteiger partial charge in [-0.15, -0.1) is 0 Å². The minimum Gasteiger partial charge on any atom is -0.496 e. The molecule has 2 N–H and O–H groups in total. The molecule has 9 nitrogen and oxygen atoms in total. The number of aromatic amines is 1. The Morgan fingerprint density at radius 1 is 1.15 bits per heavy atom. The van der Waals surface area contributed by atoms with E-state index in [0.29, 0.717) is 35.0 Å². The lowest BCUT2D eigenvalue weighted by atomic mass is 10.1. The molecule has 0 fully saturated rings. The maximum absolute atomic E-state index is 13.7. The highest BCUT2D eigenvalue weighted by Crippen LogP contribution is 2.36. The average Bonchev–Trinajstić information content (AvgIpc) is 3.24. The van der Waals surface area contributed by atoms with Crippen LogP contribution in [0.25, 0.3) is 11.0 Å². The van der Waals surface area contributed by atoms with Gasteiger partial charge < -0.3 is 24.8 Å². The van der Waals surface area contributed by atoms with E-state index in [9.17, 15) is 9.59 Å². The van der Waals surface area contributed by atoms with Crippen molar-refractivity contribution in [2.75, 3.05) is 51.1 Å². The van der Waals surface area contributed by atoms with Gasteiger partial charge in [0.05, 0.1) is 12.6 Å². The Hall–Kier alpha value is -4.46. The van der Waals surface area contributed by atoms with Crippen LogP contribution in [0.5, 0.6) is 5.75 Å². The number of rotatable bonds is 8. The zero-order valence-electron chi connectivity index (χ0n) is 22.5. The van der Waals surface area contributed by atoms with Gasteiger partial charge in [-0.05, 0) is 67.8 Å². The Labute approximate surface area is 227 Å². The molecule has 39 heavy (non-hydrogen) atoms. The van der Waals surface area contributed by atoms with Crippen molar-refractivity contribution in [2.24, 2.45) is 0 Å². The van der Waals surface area contributed by atoms with Gasteiger partial charge in [0, 0.05) is 43.1 Å². The molecular weight excluding hydrogens is 492 g/mol. The van der Waals surface area contributed by atoms with Crippen LogP contribution in [0.4, 0.5) is 23.0 Å². The molecule has 0 bridgehead atoms. The maximum atomic E-state index is 13.7. The number of methoxy groups -OCH3 is 1. The minimum atomic E-state index is -0.540. The Morgan fingerprint density at radius 2 is 2.00 bits per heavy atom. The van der Waals surface area contributed by atoms with Crippen molar-refractivity contribution in [1.82, 2.24) is 14.9 Å². The van der Waals surface area contributed by atoms with Gasteiger partial charge in [0.25, 0.3) is 5.69 Å². The Bertz CT molecular complexity index is 1550. The third-order valence-electron chi connectivity index (χ3n) is 6.97. The van der Waals surface area contributed by atoms with Gasteiger partial charge in [0.15, 0.2) is 5.52 Å². The van der Waals surface area contributed by atoms with Crippen molar-refractivity contribution in [2.45, 2.75) is 19.3 Å². The number of likely N-dealkylation sites (N-methyl/N-ethyl adjacent to an activating group) is 1. The molecular formula is C30H33N6O3+. The number of ether oxygens (including phenoxy) is 1. The second-order valence-corrected chi connectivity index (χ2v) is 9.84. The fourth-order valence-corrected chi connectivity index (χ4v) is 4.98. The predicted molar refractivity (Wildman–Crippen MR) is 152 cm³/mol. The largest absolute Gasteiger partial charge is 0.496 e.